The number of nitrogens with two attached hydrogens (primary N) is 1. The molecule has 26 heavy (non-hydrogen) atoms. The van der Waals surface area contributed by atoms with Crippen molar-refractivity contribution < 1.29 is 14.4 Å². The molecular weight excluding hydrogens is 345 g/mol. The molecule has 1 aliphatic rings. The Morgan fingerprint density at radius 1 is 1.12 bits per heavy atom. The molecule has 0 heterocycles. The zero-order valence-electron chi connectivity index (χ0n) is 16.2. The highest BCUT2D eigenvalue weighted by molar-refractivity contribution is 7.51. The molecule has 4 N–H and O–H groups in total. The fourth-order valence-electron chi connectivity index (χ4n) is 4.10. The van der Waals surface area contributed by atoms with Crippen LogP contribution in [-0.4, -0.2) is 21.5 Å². The highest BCUT2D eigenvalue weighted by Gasteiger charge is 2.37. The number of rotatable bonds is 11. The van der Waals surface area contributed by atoms with Gasteiger partial charge in [0.1, 0.15) is 0 Å². The summed E-state index contributed by atoms with van der Waals surface area (Å²) in [6.07, 6.45) is 12.1. The average Bonchev–Trinajstić information content (AvgIpc) is 2.99. The quantitative estimate of drug-likeness (QED) is 0.367. The number of hydrogen-bond donors (Lipinski definition) is 3. The molecule has 4 nitrogen and oxygen atoms in total. The number of benzene rings is 1. The second-order valence-electron chi connectivity index (χ2n) is 8.20. The van der Waals surface area contributed by atoms with Crippen LogP contribution in [0.5, 0.6) is 0 Å². The van der Waals surface area contributed by atoms with Gasteiger partial charge in [0, 0.05) is 5.54 Å². The molecule has 0 spiro atoms. The first-order valence-corrected chi connectivity index (χ1v) is 12.0. The summed E-state index contributed by atoms with van der Waals surface area (Å²) in [6.45, 7) is 2.25. The number of unbranched alkanes of at least 4 members (excludes halogenated alkanes) is 5. The summed E-state index contributed by atoms with van der Waals surface area (Å²) in [5.74, 6) is 0.417. The van der Waals surface area contributed by atoms with Crippen LogP contribution < -0.4 is 5.73 Å². The summed E-state index contributed by atoms with van der Waals surface area (Å²) in [7, 11) is -3.96. The first-order valence-electron chi connectivity index (χ1n) is 10.2. The zero-order valence-corrected chi connectivity index (χ0v) is 17.1. The summed E-state index contributed by atoms with van der Waals surface area (Å²) in [4.78, 5) is 18.2. The van der Waals surface area contributed by atoms with Gasteiger partial charge in [-0.3, -0.25) is 4.57 Å². The lowest BCUT2D eigenvalue weighted by atomic mass is 9.90. The van der Waals surface area contributed by atoms with E-state index in [1.54, 1.807) is 0 Å². The molecule has 1 aliphatic carbocycles. The first-order chi connectivity index (χ1) is 12.3. The van der Waals surface area contributed by atoms with Crippen molar-refractivity contribution >= 4 is 7.60 Å². The van der Waals surface area contributed by atoms with E-state index in [0.717, 1.165) is 25.7 Å². The maximum Gasteiger partial charge on any atom is 0.325 e. The molecule has 2 atom stereocenters. The molecule has 2 unspecified atom stereocenters. The van der Waals surface area contributed by atoms with Gasteiger partial charge in [-0.25, -0.2) is 0 Å². The van der Waals surface area contributed by atoms with E-state index in [1.807, 2.05) is 0 Å². The van der Waals surface area contributed by atoms with Crippen molar-refractivity contribution in [3.8, 4) is 0 Å². The minimum Gasteiger partial charge on any atom is -0.325 e. The van der Waals surface area contributed by atoms with Crippen LogP contribution in [0.3, 0.4) is 0 Å². The second-order valence-corrected chi connectivity index (χ2v) is 9.98. The Hall–Kier alpha value is -0.670. The molecule has 0 bridgehead atoms. The Morgan fingerprint density at radius 3 is 2.42 bits per heavy atom. The molecule has 1 aromatic carbocycles. The Balaban J connectivity index is 1.77. The van der Waals surface area contributed by atoms with Crippen LogP contribution in [0.15, 0.2) is 24.3 Å². The molecule has 0 aliphatic heterocycles. The lowest BCUT2D eigenvalue weighted by molar-refractivity contribution is 0.353. The van der Waals surface area contributed by atoms with E-state index in [9.17, 15) is 4.57 Å². The molecule has 1 saturated carbocycles. The van der Waals surface area contributed by atoms with Crippen molar-refractivity contribution in [2.45, 2.75) is 89.0 Å². The molecule has 0 amide bonds. The molecule has 1 fully saturated rings. The minimum atomic E-state index is -3.96. The Labute approximate surface area is 158 Å². The van der Waals surface area contributed by atoms with E-state index in [1.165, 1.54) is 49.7 Å². The molecule has 2 rings (SSSR count). The van der Waals surface area contributed by atoms with Gasteiger partial charge in [-0.15, -0.1) is 0 Å². The topological polar surface area (TPSA) is 83.6 Å². The fourth-order valence-corrected chi connectivity index (χ4v) is 4.84. The van der Waals surface area contributed by atoms with E-state index in [2.05, 4.69) is 31.2 Å². The van der Waals surface area contributed by atoms with Gasteiger partial charge in [0.2, 0.25) is 0 Å². The van der Waals surface area contributed by atoms with Gasteiger partial charge in [0.05, 0.1) is 6.16 Å². The smallest absolute Gasteiger partial charge is 0.325 e. The normalized spacial score (nSPS) is 23.5. The maximum atomic E-state index is 11.1. The van der Waals surface area contributed by atoms with Crippen LogP contribution in [-0.2, 0) is 11.0 Å². The predicted molar refractivity (Wildman–Crippen MR) is 109 cm³/mol. The van der Waals surface area contributed by atoms with Crippen LogP contribution >= 0.6 is 7.60 Å². The van der Waals surface area contributed by atoms with E-state index in [4.69, 9.17) is 15.5 Å². The van der Waals surface area contributed by atoms with Gasteiger partial charge in [0.25, 0.3) is 0 Å². The molecule has 0 aromatic heterocycles. The van der Waals surface area contributed by atoms with Gasteiger partial charge in [-0.1, -0.05) is 63.3 Å². The summed E-state index contributed by atoms with van der Waals surface area (Å²) in [5, 5.41) is 0. The van der Waals surface area contributed by atoms with E-state index < -0.39 is 13.1 Å². The van der Waals surface area contributed by atoms with Crippen LogP contribution in [0.2, 0.25) is 0 Å². The second kappa shape index (κ2) is 10.0. The van der Waals surface area contributed by atoms with Crippen LogP contribution in [0.4, 0.5) is 0 Å². The summed E-state index contributed by atoms with van der Waals surface area (Å²) in [6, 6.07) is 8.94. The van der Waals surface area contributed by atoms with Crippen molar-refractivity contribution in [1.29, 1.82) is 0 Å². The average molecular weight is 381 g/mol. The van der Waals surface area contributed by atoms with E-state index >= 15 is 0 Å². The largest absolute Gasteiger partial charge is 0.325 e. The van der Waals surface area contributed by atoms with Gasteiger partial charge in [-0.05, 0) is 55.6 Å². The number of aryl methyl sites for hydroxylation is 1. The van der Waals surface area contributed by atoms with Crippen molar-refractivity contribution in [1.82, 2.24) is 0 Å². The van der Waals surface area contributed by atoms with Crippen molar-refractivity contribution in [2.75, 3.05) is 6.16 Å². The lowest BCUT2D eigenvalue weighted by Crippen LogP contribution is -2.37. The van der Waals surface area contributed by atoms with Gasteiger partial charge in [0.15, 0.2) is 0 Å². The Kier molecular flexibility index (Phi) is 8.35. The van der Waals surface area contributed by atoms with Crippen LogP contribution in [0, 0.1) is 0 Å². The van der Waals surface area contributed by atoms with Gasteiger partial charge in [-0.2, -0.15) is 0 Å². The highest BCUT2D eigenvalue weighted by Crippen LogP contribution is 2.45. The molecular formula is C21H36NO3P. The summed E-state index contributed by atoms with van der Waals surface area (Å²) >= 11 is 0. The monoisotopic (exact) mass is 381 g/mol. The summed E-state index contributed by atoms with van der Waals surface area (Å²) in [5.41, 5.74) is 8.69. The third kappa shape index (κ3) is 7.52. The summed E-state index contributed by atoms with van der Waals surface area (Å²) < 4.78 is 11.1. The molecule has 148 valence electrons. The molecule has 5 heteroatoms. The maximum absolute atomic E-state index is 11.1. The van der Waals surface area contributed by atoms with Crippen molar-refractivity contribution in [3.63, 3.8) is 0 Å². The van der Waals surface area contributed by atoms with Crippen molar-refractivity contribution in [3.05, 3.63) is 35.4 Å². The molecule has 0 radical (unpaired) electrons. The highest BCUT2D eigenvalue weighted by atomic mass is 31.2. The number of hydrogen-bond acceptors (Lipinski definition) is 2. The standard InChI is InChI=1S/C21H36NO3P/c1-2-3-4-5-6-7-8-18-9-11-19(12-10-18)20-13-14-21(22,17-20)15-16-26(23,24)25/h9-12,20H,2-8,13-17,22H2,1H3,(H2,23,24,25). The predicted octanol–water partition coefficient (Wildman–Crippen LogP) is 5.12. The van der Waals surface area contributed by atoms with E-state index in [-0.39, 0.29) is 6.16 Å². The van der Waals surface area contributed by atoms with E-state index in [0.29, 0.717) is 12.3 Å². The lowest BCUT2D eigenvalue weighted by Gasteiger charge is -2.24. The van der Waals surface area contributed by atoms with Crippen LogP contribution in [0.1, 0.15) is 88.2 Å². The van der Waals surface area contributed by atoms with Crippen LogP contribution in [0.25, 0.3) is 0 Å². The zero-order chi connectivity index (χ0) is 19.0. The Bertz CT molecular complexity index is 583. The van der Waals surface area contributed by atoms with Crippen molar-refractivity contribution in [2.24, 2.45) is 5.73 Å². The Morgan fingerprint density at radius 2 is 1.77 bits per heavy atom. The SMILES string of the molecule is CCCCCCCCc1ccc(C2CCC(N)(CCP(=O)(O)O)C2)cc1. The third-order valence-corrected chi connectivity index (χ3v) is 6.62. The molecule has 0 saturated heterocycles. The minimum absolute atomic E-state index is 0.104. The first kappa shape index (κ1) is 21.6. The fraction of sp³-hybridized carbons (Fsp3) is 0.714. The third-order valence-electron chi connectivity index (χ3n) is 5.81. The van der Waals surface area contributed by atoms with Gasteiger partial charge < -0.3 is 15.5 Å². The van der Waals surface area contributed by atoms with Gasteiger partial charge >= 0.3 is 7.60 Å². The molecule has 1 aromatic rings.